The Hall–Kier alpha value is -2.76. The van der Waals surface area contributed by atoms with Gasteiger partial charge in [-0.2, -0.15) is 4.99 Å². The fourth-order valence-corrected chi connectivity index (χ4v) is 1.60. The van der Waals surface area contributed by atoms with Crippen molar-refractivity contribution in [1.29, 1.82) is 0 Å². The molecule has 1 aromatic carbocycles. The molecule has 0 saturated carbocycles. The maximum absolute atomic E-state index is 11.7. The molecule has 2 rings (SSSR count). The second-order valence-corrected chi connectivity index (χ2v) is 3.75. The topological polar surface area (TPSA) is 112 Å². The average molecular weight is 243 g/mol. The minimum Gasteiger partial charge on any atom is -0.399 e. The molecule has 1 amide bonds. The predicted molar refractivity (Wildman–Crippen MR) is 70.3 cm³/mol. The molecular formula is C12H13N5O. The molecular weight excluding hydrogens is 230 g/mol. The summed E-state index contributed by atoms with van der Waals surface area (Å²) in [7, 11) is 0. The molecule has 0 aliphatic rings. The van der Waals surface area contributed by atoms with Crippen LogP contribution in [-0.2, 0) is 0 Å². The second kappa shape index (κ2) is 4.62. The maximum atomic E-state index is 11.7. The zero-order chi connectivity index (χ0) is 13.1. The van der Waals surface area contributed by atoms with Crippen LogP contribution in [0.15, 0.2) is 47.7 Å². The number of hydrogen-bond acceptors (Lipinski definition) is 2. The standard InChI is InChI=1S/C12H13N5O/c13-9-5-8(11(18)16-12(14)15)6-10(7-9)17-3-1-2-4-17/h1-7H,13H2,(H4,14,15,16,18). The number of nitrogen functional groups attached to an aromatic ring is 1. The van der Waals surface area contributed by atoms with E-state index in [0.717, 1.165) is 5.69 Å². The molecule has 2 aromatic rings. The third-order valence-corrected chi connectivity index (χ3v) is 2.32. The lowest BCUT2D eigenvalue weighted by Gasteiger charge is -2.06. The summed E-state index contributed by atoms with van der Waals surface area (Å²) in [6, 6.07) is 8.71. The molecule has 1 aromatic heterocycles. The van der Waals surface area contributed by atoms with Gasteiger partial charge in [0, 0.05) is 29.3 Å². The molecule has 1 heterocycles. The Kier molecular flexibility index (Phi) is 3.01. The van der Waals surface area contributed by atoms with Crippen LogP contribution in [0.1, 0.15) is 10.4 Å². The van der Waals surface area contributed by atoms with E-state index in [1.807, 2.05) is 29.1 Å². The Labute approximate surface area is 104 Å². The molecule has 0 spiro atoms. The second-order valence-electron chi connectivity index (χ2n) is 3.75. The van der Waals surface area contributed by atoms with Crippen LogP contribution in [0.25, 0.3) is 5.69 Å². The Morgan fingerprint density at radius 1 is 1.11 bits per heavy atom. The van der Waals surface area contributed by atoms with E-state index in [1.165, 1.54) is 6.07 Å². The van der Waals surface area contributed by atoms with Crippen molar-refractivity contribution in [2.24, 2.45) is 16.5 Å². The molecule has 6 nitrogen and oxygen atoms in total. The highest BCUT2D eigenvalue weighted by atomic mass is 16.1. The number of guanidine groups is 1. The molecule has 0 bridgehead atoms. The van der Waals surface area contributed by atoms with Gasteiger partial charge in [-0.25, -0.2) is 0 Å². The lowest BCUT2D eigenvalue weighted by Crippen LogP contribution is -2.24. The minimum absolute atomic E-state index is 0.273. The van der Waals surface area contributed by atoms with Crippen molar-refractivity contribution < 1.29 is 4.79 Å². The van der Waals surface area contributed by atoms with E-state index >= 15 is 0 Å². The van der Waals surface area contributed by atoms with Crippen molar-refractivity contribution >= 4 is 17.6 Å². The summed E-state index contributed by atoms with van der Waals surface area (Å²) in [5, 5.41) is 0. The molecule has 0 radical (unpaired) electrons. The lowest BCUT2D eigenvalue weighted by molar-refractivity contribution is 0.100. The van der Waals surface area contributed by atoms with E-state index in [-0.39, 0.29) is 5.96 Å². The average Bonchev–Trinajstić information content (AvgIpc) is 2.80. The number of rotatable bonds is 2. The number of nitrogens with two attached hydrogens (primary N) is 3. The van der Waals surface area contributed by atoms with Gasteiger partial charge in [-0.3, -0.25) is 4.79 Å². The fraction of sp³-hybridized carbons (Fsp3) is 0. The Morgan fingerprint density at radius 2 is 1.78 bits per heavy atom. The highest BCUT2D eigenvalue weighted by molar-refractivity contribution is 6.02. The highest BCUT2D eigenvalue weighted by Crippen LogP contribution is 2.17. The van der Waals surface area contributed by atoms with Crippen LogP contribution in [0.3, 0.4) is 0 Å². The number of anilines is 1. The largest absolute Gasteiger partial charge is 0.399 e. The van der Waals surface area contributed by atoms with Crippen LogP contribution in [0.4, 0.5) is 5.69 Å². The summed E-state index contributed by atoms with van der Waals surface area (Å²) >= 11 is 0. The Bertz CT molecular complexity index is 597. The molecule has 0 aliphatic carbocycles. The van der Waals surface area contributed by atoms with Crippen molar-refractivity contribution in [1.82, 2.24) is 4.57 Å². The van der Waals surface area contributed by atoms with Gasteiger partial charge < -0.3 is 21.8 Å². The van der Waals surface area contributed by atoms with Gasteiger partial charge in [0.1, 0.15) is 0 Å². The van der Waals surface area contributed by atoms with Gasteiger partial charge in [-0.15, -0.1) is 0 Å². The molecule has 18 heavy (non-hydrogen) atoms. The maximum Gasteiger partial charge on any atom is 0.280 e. The number of benzene rings is 1. The normalized spacial score (nSPS) is 10.0. The number of aliphatic imine (C=N–C) groups is 1. The van der Waals surface area contributed by atoms with Crippen LogP contribution in [0, 0.1) is 0 Å². The molecule has 6 N–H and O–H groups in total. The molecule has 0 unspecified atom stereocenters. The highest BCUT2D eigenvalue weighted by Gasteiger charge is 2.08. The number of nitrogens with zero attached hydrogens (tertiary/aromatic N) is 2. The molecule has 0 aliphatic heterocycles. The summed E-state index contributed by atoms with van der Waals surface area (Å²) in [4.78, 5) is 15.2. The Morgan fingerprint density at radius 3 is 2.39 bits per heavy atom. The summed E-state index contributed by atoms with van der Waals surface area (Å²) < 4.78 is 1.84. The summed E-state index contributed by atoms with van der Waals surface area (Å²) in [6.45, 7) is 0. The fourth-order valence-electron chi connectivity index (χ4n) is 1.60. The van der Waals surface area contributed by atoms with Crippen molar-refractivity contribution in [3.05, 3.63) is 48.3 Å². The van der Waals surface area contributed by atoms with E-state index in [0.29, 0.717) is 11.3 Å². The van der Waals surface area contributed by atoms with Crippen LogP contribution in [-0.4, -0.2) is 16.4 Å². The number of aromatic nitrogens is 1. The SMILES string of the molecule is NC(N)=NC(=O)c1cc(N)cc(-n2cccc2)c1. The first-order valence-electron chi connectivity index (χ1n) is 5.24. The molecule has 92 valence electrons. The first-order chi connectivity index (χ1) is 8.56. The molecule has 0 saturated heterocycles. The first-order valence-corrected chi connectivity index (χ1v) is 5.24. The van der Waals surface area contributed by atoms with Crippen molar-refractivity contribution in [3.63, 3.8) is 0 Å². The quantitative estimate of drug-likeness (QED) is 0.404. The van der Waals surface area contributed by atoms with Crippen molar-refractivity contribution in [3.8, 4) is 5.69 Å². The van der Waals surface area contributed by atoms with Gasteiger partial charge in [0.05, 0.1) is 0 Å². The number of carbonyl (C=O) groups excluding carboxylic acids is 1. The summed E-state index contributed by atoms with van der Waals surface area (Å²) in [5.41, 5.74) is 17.7. The monoisotopic (exact) mass is 243 g/mol. The van der Waals surface area contributed by atoms with E-state index in [1.54, 1.807) is 12.1 Å². The van der Waals surface area contributed by atoms with E-state index in [2.05, 4.69) is 4.99 Å². The summed E-state index contributed by atoms with van der Waals surface area (Å²) in [5.74, 6) is -0.791. The predicted octanol–water partition coefficient (Wildman–Crippen LogP) is 0.473. The Balaban J connectivity index is 2.45. The van der Waals surface area contributed by atoms with Gasteiger partial charge in [0.2, 0.25) is 0 Å². The van der Waals surface area contributed by atoms with Crippen LogP contribution < -0.4 is 17.2 Å². The van der Waals surface area contributed by atoms with E-state index < -0.39 is 5.91 Å². The number of carbonyl (C=O) groups is 1. The van der Waals surface area contributed by atoms with E-state index in [9.17, 15) is 4.79 Å². The number of hydrogen-bond donors (Lipinski definition) is 3. The molecule has 0 atom stereocenters. The van der Waals surface area contributed by atoms with Gasteiger partial charge in [0.15, 0.2) is 5.96 Å². The number of amides is 1. The molecule has 0 fully saturated rings. The van der Waals surface area contributed by atoms with Crippen LogP contribution in [0.5, 0.6) is 0 Å². The van der Waals surface area contributed by atoms with Gasteiger partial charge in [-0.05, 0) is 30.3 Å². The third-order valence-electron chi connectivity index (χ3n) is 2.32. The zero-order valence-corrected chi connectivity index (χ0v) is 9.58. The van der Waals surface area contributed by atoms with Crippen molar-refractivity contribution in [2.75, 3.05) is 5.73 Å². The smallest absolute Gasteiger partial charge is 0.280 e. The van der Waals surface area contributed by atoms with Gasteiger partial charge in [0.25, 0.3) is 5.91 Å². The lowest BCUT2D eigenvalue weighted by atomic mass is 10.1. The minimum atomic E-state index is -0.518. The van der Waals surface area contributed by atoms with Crippen molar-refractivity contribution in [2.45, 2.75) is 0 Å². The zero-order valence-electron chi connectivity index (χ0n) is 9.58. The third kappa shape index (κ3) is 2.49. The molecule has 6 heteroatoms. The summed E-state index contributed by atoms with van der Waals surface area (Å²) in [6.07, 6.45) is 3.70. The van der Waals surface area contributed by atoms with Gasteiger partial charge >= 0.3 is 0 Å². The van der Waals surface area contributed by atoms with Crippen LogP contribution >= 0.6 is 0 Å². The van der Waals surface area contributed by atoms with Gasteiger partial charge in [-0.1, -0.05) is 0 Å². The van der Waals surface area contributed by atoms with E-state index in [4.69, 9.17) is 17.2 Å². The first kappa shape index (κ1) is 11.7. The van der Waals surface area contributed by atoms with Crippen LogP contribution in [0.2, 0.25) is 0 Å².